The largest absolute Gasteiger partial charge is 0.358 e. The topological polar surface area (TPSA) is 15.8 Å². The van der Waals surface area contributed by atoms with Crippen LogP contribution in [0.25, 0.3) is 10.9 Å². The molecule has 0 atom stereocenters. The molecule has 0 aliphatic carbocycles. The van der Waals surface area contributed by atoms with Crippen LogP contribution in [-0.2, 0) is 5.75 Å². The third kappa shape index (κ3) is 2.72. The summed E-state index contributed by atoms with van der Waals surface area (Å²) in [6.07, 6.45) is 0. The average Bonchev–Trinajstić information content (AvgIpc) is 2.74. The van der Waals surface area contributed by atoms with Crippen molar-refractivity contribution < 1.29 is 0 Å². The van der Waals surface area contributed by atoms with Gasteiger partial charge in [0.15, 0.2) is 0 Å². The Kier molecular flexibility index (Phi) is 3.67. The number of aryl methyl sites for hydroxylation is 1. The lowest BCUT2D eigenvalue weighted by molar-refractivity contribution is 1.22. The maximum Gasteiger partial charge on any atom is 0.0467 e. The van der Waals surface area contributed by atoms with Gasteiger partial charge >= 0.3 is 0 Å². The molecule has 0 bridgehead atoms. The number of aromatic nitrogens is 1. The molecule has 0 spiro atoms. The number of hydrogen-bond donors (Lipinski definition) is 1. The van der Waals surface area contributed by atoms with Crippen molar-refractivity contribution >= 4 is 38.6 Å². The van der Waals surface area contributed by atoms with Crippen molar-refractivity contribution in [1.82, 2.24) is 4.98 Å². The maximum atomic E-state index is 3.47. The van der Waals surface area contributed by atoms with Crippen LogP contribution < -0.4 is 0 Å². The molecule has 19 heavy (non-hydrogen) atoms. The molecule has 0 radical (unpaired) electrons. The molecule has 1 heterocycles. The predicted molar refractivity (Wildman–Crippen MR) is 86.7 cm³/mol. The molecule has 0 unspecified atom stereocenters. The van der Waals surface area contributed by atoms with E-state index < -0.39 is 0 Å². The fraction of sp³-hybridized carbons (Fsp3) is 0.125. The molecule has 3 heteroatoms. The molecule has 3 aromatic rings. The number of hydrogen-bond acceptors (Lipinski definition) is 1. The first kappa shape index (κ1) is 12.8. The summed E-state index contributed by atoms with van der Waals surface area (Å²) in [5.41, 5.74) is 3.82. The molecule has 2 aromatic carbocycles. The lowest BCUT2D eigenvalue weighted by atomic mass is 10.2. The van der Waals surface area contributed by atoms with Crippen LogP contribution in [0.3, 0.4) is 0 Å². The number of thioether (sulfide) groups is 1. The van der Waals surface area contributed by atoms with Gasteiger partial charge in [-0.15, -0.1) is 11.8 Å². The Morgan fingerprint density at radius 3 is 2.58 bits per heavy atom. The van der Waals surface area contributed by atoms with Gasteiger partial charge in [0.25, 0.3) is 0 Å². The number of aromatic amines is 1. The van der Waals surface area contributed by atoms with E-state index in [0.29, 0.717) is 0 Å². The predicted octanol–water partition coefficient (Wildman–Crippen LogP) is 5.53. The highest BCUT2D eigenvalue weighted by molar-refractivity contribution is 9.10. The smallest absolute Gasteiger partial charge is 0.0467 e. The van der Waals surface area contributed by atoms with Gasteiger partial charge in [0, 0.05) is 31.7 Å². The quantitative estimate of drug-likeness (QED) is 0.624. The summed E-state index contributed by atoms with van der Waals surface area (Å²) in [5.74, 6) is 0.996. The molecule has 96 valence electrons. The van der Waals surface area contributed by atoms with Gasteiger partial charge in [0.2, 0.25) is 0 Å². The van der Waals surface area contributed by atoms with Gasteiger partial charge < -0.3 is 4.98 Å². The van der Waals surface area contributed by atoms with E-state index in [0.717, 1.165) is 10.2 Å². The highest BCUT2D eigenvalue weighted by Crippen LogP contribution is 2.33. The zero-order chi connectivity index (χ0) is 13.2. The van der Waals surface area contributed by atoms with Gasteiger partial charge in [-0.25, -0.2) is 0 Å². The van der Waals surface area contributed by atoms with Crippen LogP contribution in [0.1, 0.15) is 11.3 Å². The number of benzene rings is 2. The van der Waals surface area contributed by atoms with Crippen LogP contribution in [0, 0.1) is 6.92 Å². The number of rotatable bonds is 3. The molecule has 0 amide bonds. The Hall–Kier alpha value is -1.19. The minimum Gasteiger partial charge on any atom is -0.358 e. The standard InChI is InChI=1S/C16H14BrNS/c1-11-16(14-4-2-3-5-15(14)18-11)19-10-12-6-8-13(17)9-7-12/h2-9,18H,10H2,1H3. The first-order chi connectivity index (χ1) is 9.24. The van der Waals surface area contributed by atoms with Gasteiger partial charge in [0.1, 0.15) is 0 Å². The van der Waals surface area contributed by atoms with Crippen LogP contribution in [-0.4, -0.2) is 4.98 Å². The summed E-state index contributed by atoms with van der Waals surface area (Å²) in [4.78, 5) is 4.80. The van der Waals surface area contributed by atoms with Crippen LogP contribution >= 0.6 is 27.7 Å². The van der Waals surface area contributed by atoms with E-state index in [1.54, 1.807) is 0 Å². The summed E-state index contributed by atoms with van der Waals surface area (Å²) in [6.45, 7) is 2.14. The van der Waals surface area contributed by atoms with Gasteiger partial charge in [-0.1, -0.05) is 46.3 Å². The molecule has 0 saturated carbocycles. The Morgan fingerprint density at radius 1 is 1.05 bits per heavy atom. The molecule has 1 nitrogen and oxygen atoms in total. The van der Waals surface area contributed by atoms with E-state index >= 15 is 0 Å². The molecule has 0 aliphatic rings. The normalized spacial score (nSPS) is 11.1. The Bertz CT molecular complexity index is 700. The third-order valence-corrected chi connectivity index (χ3v) is 4.95. The number of H-pyrrole nitrogens is 1. The number of fused-ring (bicyclic) bond motifs is 1. The van der Waals surface area contributed by atoms with Crippen LogP contribution in [0.15, 0.2) is 57.9 Å². The Balaban J connectivity index is 1.85. The second-order valence-corrected chi connectivity index (χ2v) is 6.44. The fourth-order valence-corrected chi connectivity index (χ4v) is 3.54. The summed E-state index contributed by atoms with van der Waals surface area (Å²) in [7, 11) is 0. The first-order valence-electron chi connectivity index (χ1n) is 6.18. The van der Waals surface area contributed by atoms with Crippen molar-refractivity contribution in [2.24, 2.45) is 0 Å². The van der Waals surface area contributed by atoms with E-state index in [-0.39, 0.29) is 0 Å². The lowest BCUT2D eigenvalue weighted by Crippen LogP contribution is -1.81. The van der Waals surface area contributed by atoms with Crippen molar-refractivity contribution in [2.75, 3.05) is 0 Å². The molecular formula is C16H14BrNS. The van der Waals surface area contributed by atoms with Crippen molar-refractivity contribution in [3.8, 4) is 0 Å². The average molecular weight is 332 g/mol. The summed E-state index contributed by atoms with van der Waals surface area (Å²) in [6, 6.07) is 17.0. The number of halogens is 1. The molecule has 0 fully saturated rings. The highest BCUT2D eigenvalue weighted by Gasteiger charge is 2.08. The summed E-state index contributed by atoms with van der Waals surface area (Å²) < 4.78 is 1.13. The van der Waals surface area contributed by atoms with Gasteiger partial charge in [-0.05, 0) is 30.7 Å². The van der Waals surface area contributed by atoms with Crippen molar-refractivity contribution in [3.63, 3.8) is 0 Å². The third-order valence-electron chi connectivity index (χ3n) is 3.13. The van der Waals surface area contributed by atoms with Gasteiger partial charge in [-0.3, -0.25) is 0 Å². The number of para-hydroxylation sites is 1. The molecule has 0 aliphatic heterocycles. The summed E-state index contributed by atoms with van der Waals surface area (Å²) in [5, 5.41) is 1.32. The molecular weight excluding hydrogens is 318 g/mol. The lowest BCUT2D eigenvalue weighted by Gasteiger charge is -2.03. The SMILES string of the molecule is Cc1[nH]c2ccccc2c1SCc1ccc(Br)cc1. The first-order valence-corrected chi connectivity index (χ1v) is 7.96. The molecule has 0 saturated heterocycles. The molecule has 1 N–H and O–H groups in total. The molecule has 3 rings (SSSR count). The van der Waals surface area contributed by atoms with Crippen LogP contribution in [0.5, 0.6) is 0 Å². The van der Waals surface area contributed by atoms with Crippen LogP contribution in [0.2, 0.25) is 0 Å². The van der Waals surface area contributed by atoms with E-state index in [2.05, 4.69) is 76.4 Å². The van der Waals surface area contributed by atoms with Gasteiger partial charge in [0.05, 0.1) is 0 Å². The maximum absolute atomic E-state index is 3.47. The van der Waals surface area contributed by atoms with E-state index in [4.69, 9.17) is 0 Å². The summed E-state index contributed by atoms with van der Waals surface area (Å²) >= 11 is 5.36. The minimum atomic E-state index is 0.996. The van der Waals surface area contributed by atoms with Crippen molar-refractivity contribution in [1.29, 1.82) is 0 Å². The van der Waals surface area contributed by atoms with E-state index in [9.17, 15) is 0 Å². The van der Waals surface area contributed by atoms with E-state index in [1.165, 1.54) is 27.1 Å². The zero-order valence-electron chi connectivity index (χ0n) is 10.6. The Labute approximate surface area is 125 Å². The second-order valence-electron chi connectivity index (χ2n) is 4.54. The van der Waals surface area contributed by atoms with Gasteiger partial charge in [-0.2, -0.15) is 0 Å². The second kappa shape index (κ2) is 5.43. The minimum absolute atomic E-state index is 0.996. The zero-order valence-corrected chi connectivity index (χ0v) is 13.0. The fourth-order valence-electron chi connectivity index (χ4n) is 2.17. The van der Waals surface area contributed by atoms with E-state index in [1.807, 2.05) is 11.8 Å². The molecule has 1 aromatic heterocycles. The van der Waals surface area contributed by atoms with Crippen molar-refractivity contribution in [2.45, 2.75) is 17.6 Å². The monoisotopic (exact) mass is 331 g/mol. The Morgan fingerprint density at radius 2 is 1.79 bits per heavy atom. The van der Waals surface area contributed by atoms with Crippen molar-refractivity contribution in [3.05, 3.63) is 64.3 Å². The van der Waals surface area contributed by atoms with Crippen LogP contribution in [0.4, 0.5) is 0 Å². The number of nitrogens with one attached hydrogen (secondary N) is 1. The highest BCUT2D eigenvalue weighted by atomic mass is 79.9.